The van der Waals surface area contributed by atoms with E-state index in [0.717, 1.165) is 0 Å². The zero-order chi connectivity index (χ0) is 13.9. The molecule has 0 fully saturated rings. The highest BCUT2D eigenvalue weighted by Gasteiger charge is 2.14. The molecule has 1 aromatic carbocycles. The van der Waals surface area contributed by atoms with Gasteiger partial charge >= 0.3 is 12.0 Å². The van der Waals surface area contributed by atoms with Gasteiger partial charge < -0.3 is 20.4 Å². The quantitative estimate of drug-likeness (QED) is 0.717. The molecule has 0 aliphatic rings. The number of anilines is 1. The summed E-state index contributed by atoms with van der Waals surface area (Å²) in [7, 11) is 1.64. The predicted octanol–water partition coefficient (Wildman–Crippen LogP) is 1.96. The Morgan fingerprint density at radius 2 is 1.94 bits per heavy atom. The molecular weight excluding hydrogens is 236 g/mol. The molecule has 18 heavy (non-hydrogen) atoms. The monoisotopic (exact) mass is 252 g/mol. The van der Waals surface area contributed by atoms with Gasteiger partial charge in [-0.1, -0.05) is 0 Å². The molecule has 0 unspecified atom stereocenters. The minimum atomic E-state index is -1.25. The van der Waals surface area contributed by atoms with Gasteiger partial charge in [0.05, 0.1) is 0 Å². The van der Waals surface area contributed by atoms with Gasteiger partial charge in [0.15, 0.2) is 0 Å². The first-order chi connectivity index (χ1) is 8.32. The van der Waals surface area contributed by atoms with E-state index in [4.69, 9.17) is 5.11 Å². The molecular formula is C12H16N2O4. The number of carbonyl (C=O) groups excluding carboxylic acids is 1. The number of aromatic hydroxyl groups is 1. The number of nitrogens with one attached hydrogen (secondary N) is 1. The summed E-state index contributed by atoms with van der Waals surface area (Å²) in [5.41, 5.74) is 0.0719. The molecule has 0 spiro atoms. The highest BCUT2D eigenvalue weighted by Crippen LogP contribution is 2.21. The van der Waals surface area contributed by atoms with Gasteiger partial charge in [0, 0.05) is 18.8 Å². The number of carboxylic acids is 1. The van der Waals surface area contributed by atoms with E-state index in [2.05, 4.69) is 5.32 Å². The third-order valence-electron chi connectivity index (χ3n) is 2.57. The zero-order valence-electron chi connectivity index (χ0n) is 10.5. The van der Waals surface area contributed by atoms with E-state index in [9.17, 15) is 14.7 Å². The second kappa shape index (κ2) is 5.39. The second-order valence-electron chi connectivity index (χ2n) is 4.17. The second-order valence-corrected chi connectivity index (χ2v) is 4.17. The number of hydrogen-bond acceptors (Lipinski definition) is 3. The summed E-state index contributed by atoms with van der Waals surface area (Å²) < 4.78 is 0. The molecule has 0 bridgehead atoms. The number of amides is 2. The van der Waals surface area contributed by atoms with E-state index in [1.54, 1.807) is 7.05 Å². The van der Waals surface area contributed by atoms with Crippen LogP contribution in [0.4, 0.5) is 10.5 Å². The van der Waals surface area contributed by atoms with Gasteiger partial charge in [0.25, 0.3) is 0 Å². The average Bonchev–Trinajstić information content (AvgIpc) is 2.29. The maximum Gasteiger partial charge on any atom is 0.339 e. The molecule has 1 rings (SSSR count). The van der Waals surface area contributed by atoms with Gasteiger partial charge in [-0.05, 0) is 32.0 Å². The highest BCUT2D eigenvalue weighted by atomic mass is 16.4. The summed E-state index contributed by atoms with van der Waals surface area (Å²) >= 11 is 0. The Labute approximate surface area is 105 Å². The molecule has 0 aliphatic heterocycles. The van der Waals surface area contributed by atoms with Crippen molar-refractivity contribution in [3.63, 3.8) is 0 Å². The van der Waals surface area contributed by atoms with Gasteiger partial charge in [-0.3, -0.25) is 0 Å². The lowest BCUT2D eigenvalue weighted by molar-refractivity contribution is 0.0693. The van der Waals surface area contributed by atoms with Crippen LogP contribution in [0, 0.1) is 0 Å². The van der Waals surface area contributed by atoms with Crippen molar-refractivity contribution >= 4 is 17.7 Å². The number of aromatic carboxylic acids is 1. The Balaban J connectivity index is 2.89. The number of benzene rings is 1. The smallest absolute Gasteiger partial charge is 0.339 e. The molecule has 0 saturated carbocycles. The molecule has 6 nitrogen and oxygen atoms in total. The number of nitrogens with zero attached hydrogens (tertiary/aromatic N) is 1. The molecule has 3 N–H and O–H groups in total. The number of carboxylic acid groups (broad SMARTS) is 1. The minimum Gasteiger partial charge on any atom is -0.507 e. The Kier molecular flexibility index (Phi) is 4.14. The van der Waals surface area contributed by atoms with Crippen molar-refractivity contribution in [2.75, 3.05) is 12.4 Å². The first-order valence-electron chi connectivity index (χ1n) is 5.43. The first-order valence-corrected chi connectivity index (χ1v) is 5.43. The maximum atomic E-state index is 11.7. The maximum absolute atomic E-state index is 11.7. The lowest BCUT2D eigenvalue weighted by Gasteiger charge is -2.21. The molecule has 0 radical (unpaired) electrons. The lowest BCUT2D eigenvalue weighted by atomic mass is 10.2. The molecule has 0 saturated heterocycles. The average molecular weight is 252 g/mol. The Hall–Kier alpha value is -2.24. The van der Waals surface area contributed by atoms with Crippen molar-refractivity contribution in [2.45, 2.75) is 19.9 Å². The van der Waals surface area contributed by atoms with Crippen LogP contribution in [-0.2, 0) is 0 Å². The molecule has 0 heterocycles. The minimum absolute atomic E-state index is 0.0288. The number of phenols is 1. The summed E-state index contributed by atoms with van der Waals surface area (Å²) in [6.45, 7) is 3.72. The number of carbonyl (C=O) groups is 2. The Bertz CT molecular complexity index is 471. The number of urea groups is 1. The van der Waals surface area contributed by atoms with Crippen LogP contribution < -0.4 is 5.32 Å². The molecule has 1 aromatic rings. The zero-order valence-corrected chi connectivity index (χ0v) is 10.5. The normalized spacial score (nSPS) is 10.2. The number of rotatable bonds is 3. The first kappa shape index (κ1) is 13.8. The Morgan fingerprint density at radius 3 is 2.44 bits per heavy atom. The van der Waals surface area contributed by atoms with Gasteiger partial charge in [-0.2, -0.15) is 0 Å². The van der Waals surface area contributed by atoms with E-state index in [1.807, 2.05) is 13.8 Å². The van der Waals surface area contributed by atoms with Crippen LogP contribution in [0.1, 0.15) is 24.2 Å². The summed E-state index contributed by atoms with van der Waals surface area (Å²) in [5, 5.41) is 20.7. The van der Waals surface area contributed by atoms with Gasteiger partial charge in [0.2, 0.25) is 0 Å². The summed E-state index contributed by atoms with van der Waals surface area (Å²) in [5.74, 6) is -1.58. The fourth-order valence-corrected chi connectivity index (χ4v) is 1.23. The molecule has 0 aromatic heterocycles. The van der Waals surface area contributed by atoms with E-state index < -0.39 is 5.97 Å². The third-order valence-corrected chi connectivity index (χ3v) is 2.57. The SMILES string of the molecule is CC(C)N(C)C(=O)Nc1ccc(O)c(C(=O)O)c1. The molecule has 98 valence electrons. The highest BCUT2D eigenvalue weighted by molar-refractivity contribution is 5.95. The van der Waals surface area contributed by atoms with Crippen molar-refractivity contribution in [1.29, 1.82) is 0 Å². The molecule has 2 amide bonds. The van der Waals surface area contributed by atoms with Crippen molar-refractivity contribution in [3.8, 4) is 5.75 Å². The fourth-order valence-electron chi connectivity index (χ4n) is 1.23. The van der Waals surface area contributed by atoms with Crippen LogP contribution >= 0.6 is 0 Å². The van der Waals surface area contributed by atoms with Crippen LogP contribution in [0.5, 0.6) is 5.75 Å². The fraction of sp³-hybridized carbons (Fsp3) is 0.333. The van der Waals surface area contributed by atoms with Crippen molar-refractivity contribution in [3.05, 3.63) is 23.8 Å². The topological polar surface area (TPSA) is 89.9 Å². The van der Waals surface area contributed by atoms with Crippen molar-refractivity contribution in [2.24, 2.45) is 0 Å². The standard InChI is InChI=1S/C12H16N2O4/c1-7(2)14(3)12(18)13-8-4-5-10(15)9(6-8)11(16)17/h4-7,15H,1-3H3,(H,13,18)(H,16,17). The predicted molar refractivity (Wildman–Crippen MR) is 67.0 cm³/mol. The largest absolute Gasteiger partial charge is 0.507 e. The van der Waals surface area contributed by atoms with Crippen LogP contribution in [-0.4, -0.2) is 40.2 Å². The van der Waals surface area contributed by atoms with Crippen molar-refractivity contribution in [1.82, 2.24) is 4.90 Å². The van der Waals surface area contributed by atoms with Crippen LogP contribution in [0.2, 0.25) is 0 Å². The van der Waals surface area contributed by atoms with Crippen molar-refractivity contribution < 1.29 is 19.8 Å². The summed E-state index contributed by atoms with van der Waals surface area (Å²) in [4.78, 5) is 24.0. The Morgan fingerprint density at radius 1 is 1.33 bits per heavy atom. The van der Waals surface area contributed by atoms with E-state index >= 15 is 0 Å². The van der Waals surface area contributed by atoms with E-state index in [1.165, 1.54) is 23.1 Å². The third kappa shape index (κ3) is 3.13. The van der Waals surface area contributed by atoms with Gasteiger partial charge in [-0.15, -0.1) is 0 Å². The van der Waals surface area contributed by atoms with Crippen LogP contribution in [0.15, 0.2) is 18.2 Å². The summed E-state index contributed by atoms with van der Waals surface area (Å²) in [6, 6.07) is 3.57. The van der Waals surface area contributed by atoms with Gasteiger partial charge in [-0.25, -0.2) is 9.59 Å². The molecule has 6 heteroatoms. The molecule has 0 atom stereocenters. The van der Waals surface area contributed by atoms with E-state index in [0.29, 0.717) is 5.69 Å². The van der Waals surface area contributed by atoms with Crippen LogP contribution in [0.25, 0.3) is 0 Å². The van der Waals surface area contributed by atoms with Gasteiger partial charge in [0.1, 0.15) is 11.3 Å². The van der Waals surface area contributed by atoms with Crippen LogP contribution in [0.3, 0.4) is 0 Å². The summed E-state index contributed by atoms with van der Waals surface area (Å²) in [6.07, 6.45) is 0. The number of hydrogen-bond donors (Lipinski definition) is 3. The van der Waals surface area contributed by atoms with E-state index in [-0.39, 0.29) is 23.4 Å². The molecule has 0 aliphatic carbocycles. The lowest BCUT2D eigenvalue weighted by Crippen LogP contribution is -2.36.